The lowest BCUT2D eigenvalue weighted by Crippen LogP contribution is -1.85. The van der Waals surface area contributed by atoms with Crippen LogP contribution in [0.2, 0.25) is 0 Å². The molecule has 3 heteroatoms. The van der Waals surface area contributed by atoms with Crippen molar-refractivity contribution in [3.63, 3.8) is 0 Å². The van der Waals surface area contributed by atoms with Crippen LogP contribution in [0.25, 0.3) is 0 Å². The summed E-state index contributed by atoms with van der Waals surface area (Å²) in [7, 11) is 0. The molecule has 0 aromatic carbocycles. The van der Waals surface area contributed by atoms with E-state index >= 15 is 0 Å². The summed E-state index contributed by atoms with van der Waals surface area (Å²) in [6.07, 6.45) is 8.03. The lowest BCUT2D eigenvalue weighted by Gasteiger charge is -1.95. The van der Waals surface area contributed by atoms with Crippen molar-refractivity contribution in [2.24, 2.45) is 9.98 Å². The average Bonchev–Trinajstić information content (AvgIpc) is 2.29. The Morgan fingerprint density at radius 2 is 2.20 bits per heavy atom. The van der Waals surface area contributed by atoms with Gasteiger partial charge in [-0.2, -0.15) is 0 Å². The Balaban J connectivity index is 2.52. The van der Waals surface area contributed by atoms with Gasteiger partial charge in [0, 0.05) is 24.8 Å². The SMILES string of the molecule is C=N/C=C(\C=NCc1ccncc1)CC. The van der Waals surface area contributed by atoms with Gasteiger partial charge in [-0.25, -0.2) is 0 Å². The molecule has 0 saturated carbocycles. The van der Waals surface area contributed by atoms with E-state index in [9.17, 15) is 0 Å². The molecular formula is C12H15N3. The first-order valence-electron chi connectivity index (χ1n) is 4.90. The van der Waals surface area contributed by atoms with Crippen LogP contribution in [0.5, 0.6) is 0 Å². The van der Waals surface area contributed by atoms with Gasteiger partial charge in [-0.05, 0) is 36.4 Å². The minimum Gasteiger partial charge on any atom is -0.288 e. The lowest BCUT2D eigenvalue weighted by molar-refractivity contribution is 1.05. The van der Waals surface area contributed by atoms with Crippen molar-refractivity contribution in [1.29, 1.82) is 0 Å². The van der Waals surface area contributed by atoms with Gasteiger partial charge < -0.3 is 0 Å². The first-order chi connectivity index (χ1) is 7.36. The van der Waals surface area contributed by atoms with Gasteiger partial charge in [0.05, 0.1) is 6.54 Å². The van der Waals surface area contributed by atoms with E-state index in [1.54, 1.807) is 18.6 Å². The van der Waals surface area contributed by atoms with Crippen LogP contribution in [0.1, 0.15) is 18.9 Å². The minimum atomic E-state index is 0.678. The smallest absolute Gasteiger partial charge is 0.0640 e. The molecule has 1 heterocycles. The zero-order valence-electron chi connectivity index (χ0n) is 8.93. The molecule has 1 rings (SSSR count). The highest BCUT2D eigenvalue weighted by atomic mass is 14.7. The summed E-state index contributed by atoms with van der Waals surface area (Å²) >= 11 is 0. The zero-order chi connectivity index (χ0) is 10.9. The number of rotatable bonds is 5. The summed E-state index contributed by atoms with van der Waals surface area (Å²) in [6, 6.07) is 3.91. The van der Waals surface area contributed by atoms with Gasteiger partial charge in [-0.15, -0.1) is 0 Å². The third kappa shape index (κ3) is 4.31. The first kappa shape index (κ1) is 11.3. The van der Waals surface area contributed by atoms with Crippen molar-refractivity contribution in [3.8, 4) is 0 Å². The second kappa shape index (κ2) is 6.65. The van der Waals surface area contributed by atoms with Gasteiger partial charge in [0.15, 0.2) is 0 Å². The van der Waals surface area contributed by atoms with E-state index < -0.39 is 0 Å². The van der Waals surface area contributed by atoms with Crippen molar-refractivity contribution >= 4 is 12.9 Å². The van der Waals surface area contributed by atoms with Gasteiger partial charge in [0.1, 0.15) is 0 Å². The number of allylic oxidation sites excluding steroid dienone is 1. The van der Waals surface area contributed by atoms with E-state index in [1.165, 1.54) is 0 Å². The fourth-order valence-electron chi connectivity index (χ4n) is 1.09. The van der Waals surface area contributed by atoms with Crippen molar-refractivity contribution in [2.75, 3.05) is 0 Å². The number of nitrogens with zero attached hydrogens (tertiary/aromatic N) is 3. The van der Waals surface area contributed by atoms with E-state index in [1.807, 2.05) is 18.3 Å². The third-order valence-corrected chi connectivity index (χ3v) is 1.95. The molecule has 0 saturated heterocycles. The van der Waals surface area contributed by atoms with Crippen molar-refractivity contribution in [1.82, 2.24) is 4.98 Å². The molecule has 0 amide bonds. The van der Waals surface area contributed by atoms with E-state index in [0.29, 0.717) is 6.54 Å². The van der Waals surface area contributed by atoms with Crippen molar-refractivity contribution in [2.45, 2.75) is 19.9 Å². The van der Waals surface area contributed by atoms with E-state index in [4.69, 9.17) is 0 Å². The second-order valence-electron chi connectivity index (χ2n) is 3.07. The molecule has 0 N–H and O–H groups in total. The van der Waals surface area contributed by atoms with Gasteiger partial charge in [-0.3, -0.25) is 15.0 Å². The lowest BCUT2D eigenvalue weighted by atomic mass is 10.2. The molecule has 15 heavy (non-hydrogen) atoms. The number of hydrogen-bond donors (Lipinski definition) is 0. The highest BCUT2D eigenvalue weighted by molar-refractivity contribution is 5.78. The molecule has 0 fully saturated rings. The molecule has 0 aliphatic heterocycles. The number of hydrogen-bond acceptors (Lipinski definition) is 3. The molecule has 3 nitrogen and oxygen atoms in total. The summed E-state index contributed by atoms with van der Waals surface area (Å²) in [6.45, 7) is 6.16. The van der Waals surface area contributed by atoms with Gasteiger partial charge in [0.2, 0.25) is 0 Å². The molecular weight excluding hydrogens is 186 g/mol. The Bertz CT molecular complexity index is 352. The molecule has 0 unspecified atom stereocenters. The molecule has 0 radical (unpaired) electrons. The summed E-state index contributed by atoms with van der Waals surface area (Å²) in [5.41, 5.74) is 2.24. The van der Waals surface area contributed by atoms with Gasteiger partial charge in [0.25, 0.3) is 0 Å². The first-order valence-corrected chi connectivity index (χ1v) is 4.90. The molecule has 0 spiro atoms. The highest BCUT2D eigenvalue weighted by Crippen LogP contribution is 2.01. The Kier molecular flexibility index (Phi) is 5.01. The summed E-state index contributed by atoms with van der Waals surface area (Å²) < 4.78 is 0. The van der Waals surface area contributed by atoms with Crippen molar-refractivity contribution < 1.29 is 0 Å². The maximum Gasteiger partial charge on any atom is 0.0640 e. The molecule has 0 aliphatic carbocycles. The fraction of sp³-hybridized carbons (Fsp3) is 0.250. The predicted octanol–water partition coefficient (Wildman–Crippen LogP) is 2.65. The summed E-state index contributed by atoms with van der Waals surface area (Å²) in [5, 5.41) is 0. The monoisotopic (exact) mass is 201 g/mol. The quantitative estimate of drug-likeness (QED) is 0.675. The topological polar surface area (TPSA) is 37.6 Å². The predicted molar refractivity (Wildman–Crippen MR) is 64.4 cm³/mol. The normalized spacial score (nSPS) is 11.9. The largest absolute Gasteiger partial charge is 0.288 e. The van der Waals surface area contributed by atoms with Crippen LogP contribution in [0.4, 0.5) is 0 Å². The maximum absolute atomic E-state index is 4.32. The third-order valence-electron chi connectivity index (χ3n) is 1.95. The zero-order valence-corrected chi connectivity index (χ0v) is 8.93. The standard InChI is InChI=1S/C12H15N3/c1-3-11(8-13-2)9-15-10-12-4-6-14-7-5-12/h4-9H,2-3,10H2,1H3/b11-8-,15-9?. The molecule has 0 aliphatic rings. The number of aliphatic imine (C=N–C) groups is 2. The maximum atomic E-state index is 4.32. The summed E-state index contributed by atoms with van der Waals surface area (Å²) in [4.78, 5) is 12.0. The molecule has 1 aromatic rings. The second-order valence-corrected chi connectivity index (χ2v) is 3.07. The Labute approximate surface area is 90.3 Å². The van der Waals surface area contributed by atoms with Gasteiger partial charge in [-0.1, -0.05) is 6.92 Å². The van der Waals surface area contributed by atoms with E-state index in [2.05, 4.69) is 28.6 Å². The van der Waals surface area contributed by atoms with Crippen LogP contribution in [0.3, 0.4) is 0 Å². The highest BCUT2D eigenvalue weighted by Gasteiger charge is 1.89. The van der Waals surface area contributed by atoms with Gasteiger partial charge >= 0.3 is 0 Å². The molecule has 78 valence electrons. The summed E-state index contributed by atoms with van der Waals surface area (Å²) in [5.74, 6) is 0. The van der Waals surface area contributed by atoms with Crippen molar-refractivity contribution in [3.05, 3.63) is 41.9 Å². The Hall–Kier alpha value is -1.77. The van der Waals surface area contributed by atoms with Crippen LogP contribution in [0, 0.1) is 0 Å². The van der Waals surface area contributed by atoms with E-state index in [0.717, 1.165) is 17.6 Å². The average molecular weight is 201 g/mol. The molecule has 0 atom stereocenters. The van der Waals surface area contributed by atoms with Crippen LogP contribution >= 0.6 is 0 Å². The van der Waals surface area contributed by atoms with Crippen LogP contribution in [0.15, 0.2) is 46.3 Å². The molecule has 0 bridgehead atoms. The fourth-order valence-corrected chi connectivity index (χ4v) is 1.09. The Morgan fingerprint density at radius 1 is 1.47 bits per heavy atom. The van der Waals surface area contributed by atoms with Crippen LogP contribution in [-0.2, 0) is 6.54 Å². The number of pyridine rings is 1. The van der Waals surface area contributed by atoms with Crippen LogP contribution < -0.4 is 0 Å². The van der Waals surface area contributed by atoms with Crippen LogP contribution in [-0.4, -0.2) is 17.9 Å². The minimum absolute atomic E-state index is 0.678. The van der Waals surface area contributed by atoms with E-state index in [-0.39, 0.29) is 0 Å². The molecule has 1 aromatic heterocycles. The Morgan fingerprint density at radius 3 is 2.80 bits per heavy atom. The number of aromatic nitrogens is 1.